The van der Waals surface area contributed by atoms with Gasteiger partial charge in [-0.25, -0.2) is 4.39 Å². The number of hydrogen-bond donors (Lipinski definition) is 1. The molecular weight excluding hydrogens is 409 g/mol. The van der Waals surface area contributed by atoms with Gasteiger partial charge in [0.1, 0.15) is 5.82 Å². The van der Waals surface area contributed by atoms with Crippen molar-refractivity contribution in [3.8, 4) is 0 Å². The average Bonchev–Trinajstić information content (AvgIpc) is 2.67. The van der Waals surface area contributed by atoms with Crippen LogP contribution in [0.15, 0.2) is 46.9 Å². The van der Waals surface area contributed by atoms with Gasteiger partial charge in [0.05, 0.1) is 11.0 Å². The van der Waals surface area contributed by atoms with Crippen LogP contribution < -0.4 is 5.32 Å². The van der Waals surface area contributed by atoms with E-state index in [9.17, 15) is 9.18 Å². The summed E-state index contributed by atoms with van der Waals surface area (Å²) in [6, 6.07) is 13.4. The molecule has 3 rings (SSSR count). The van der Waals surface area contributed by atoms with Crippen molar-refractivity contribution >= 4 is 27.5 Å². The molecule has 144 valence electrons. The molecule has 0 saturated carbocycles. The number of carbonyl (C=O) groups is 1. The lowest BCUT2D eigenvalue weighted by Crippen LogP contribution is -2.48. The first kappa shape index (κ1) is 20.0. The van der Waals surface area contributed by atoms with E-state index in [4.69, 9.17) is 0 Å². The Kier molecular flexibility index (Phi) is 6.99. The SMILES string of the molecule is CCc1ccc(NC(=O)CN2CCN(Cc3cccc(Br)c3F)CC2)cc1. The molecule has 0 aromatic heterocycles. The van der Waals surface area contributed by atoms with Gasteiger partial charge in [-0.05, 0) is 46.1 Å². The van der Waals surface area contributed by atoms with Gasteiger partial charge in [-0.3, -0.25) is 14.6 Å². The van der Waals surface area contributed by atoms with Crippen LogP contribution in [0.25, 0.3) is 0 Å². The average molecular weight is 434 g/mol. The summed E-state index contributed by atoms with van der Waals surface area (Å²) in [4.78, 5) is 16.6. The molecule has 4 nitrogen and oxygen atoms in total. The van der Waals surface area contributed by atoms with Gasteiger partial charge in [-0.2, -0.15) is 0 Å². The van der Waals surface area contributed by atoms with Gasteiger partial charge in [0.15, 0.2) is 0 Å². The van der Waals surface area contributed by atoms with Crippen molar-refractivity contribution in [3.63, 3.8) is 0 Å². The quantitative estimate of drug-likeness (QED) is 0.749. The van der Waals surface area contributed by atoms with Crippen molar-refractivity contribution < 1.29 is 9.18 Å². The Bertz CT molecular complexity index is 773. The van der Waals surface area contributed by atoms with Crippen molar-refractivity contribution in [1.29, 1.82) is 0 Å². The van der Waals surface area contributed by atoms with E-state index in [0.29, 0.717) is 23.1 Å². The Labute approximate surface area is 168 Å². The fourth-order valence-corrected chi connectivity index (χ4v) is 3.65. The molecule has 0 bridgehead atoms. The molecule has 0 unspecified atom stereocenters. The molecule has 27 heavy (non-hydrogen) atoms. The monoisotopic (exact) mass is 433 g/mol. The van der Waals surface area contributed by atoms with Gasteiger partial charge < -0.3 is 5.32 Å². The van der Waals surface area contributed by atoms with E-state index in [1.165, 1.54) is 5.56 Å². The van der Waals surface area contributed by atoms with Crippen LogP contribution in [0, 0.1) is 5.82 Å². The summed E-state index contributed by atoms with van der Waals surface area (Å²) in [6.45, 7) is 6.34. The van der Waals surface area contributed by atoms with Crippen molar-refractivity contribution in [2.75, 3.05) is 38.0 Å². The Morgan fingerprint density at radius 1 is 1.07 bits per heavy atom. The highest BCUT2D eigenvalue weighted by Crippen LogP contribution is 2.20. The van der Waals surface area contributed by atoms with E-state index >= 15 is 0 Å². The van der Waals surface area contributed by atoms with E-state index in [1.54, 1.807) is 6.07 Å². The van der Waals surface area contributed by atoms with E-state index in [1.807, 2.05) is 36.4 Å². The summed E-state index contributed by atoms with van der Waals surface area (Å²) in [6.07, 6.45) is 0.988. The van der Waals surface area contributed by atoms with E-state index < -0.39 is 0 Å². The lowest BCUT2D eigenvalue weighted by atomic mass is 10.1. The second kappa shape index (κ2) is 9.44. The third-order valence-corrected chi connectivity index (χ3v) is 5.52. The van der Waals surface area contributed by atoms with E-state index in [2.05, 4.69) is 38.0 Å². The minimum Gasteiger partial charge on any atom is -0.325 e. The predicted molar refractivity (Wildman–Crippen MR) is 110 cm³/mol. The maximum absolute atomic E-state index is 14.1. The van der Waals surface area contributed by atoms with E-state index in [0.717, 1.165) is 38.3 Å². The maximum atomic E-state index is 14.1. The first-order valence-corrected chi connectivity index (χ1v) is 10.1. The van der Waals surface area contributed by atoms with Gasteiger partial charge in [-0.1, -0.05) is 31.2 Å². The van der Waals surface area contributed by atoms with Gasteiger partial charge in [-0.15, -0.1) is 0 Å². The number of piperazine rings is 1. The van der Waals surface area contributed by atoms with Crippen LogP contribution in [0.4, 0.5) is 10.1 Å². The molecule has 0 radical (unpaired) electrons. The number of carbonyl (C=O) groups excluding carboxylic acids is 1. The normalized spacial score (nSPS) is 15.7. The zero-order valence-electron chi connectivity index (χ0n) is 15.5. The lowest BCUT2D eigenvalue weighted by molar-refractivity contribution is -0.117. The maximum Gasteiger partial charge on any atom is 0.238 e. The molecule has 1 N–H and O–H groups in total. The molecule has 0 aliphatic carbocycles. The van der Waals surface area contributed by atoms with Crippen LogP contribution in [0.5, 0.6) is 0 Å². The molecule has 1 amide bonds. The standard InChI is InChI=1S/C21H25BrFN3O/c1-2-16-6-8-18(9-7-16)24-20(27)15-26-12-10-25(11-13-26)14-17-4-3-5-19(22)21(17)23/h3-9H,2,10-15H2,1H3,(H,24,27). The molecule has 0 spiro atoms. The highest BCUT2D eigenvalue weighted by Gasteiger charge is 2.20. The number of nitrogens with zero attached hydrogens (tertiary/aromatic N) is 2. The molecule has 1 fully saturated rings. The van der Waals surface area contributed by atoms with Crippen molar-refractivity contribution in [1.82, 2.24) is 9.80 Å². The highest BCUT2D eigenvalue weighted by molar-refractivity contribution is 9.10. The summed E-state index contributed by atoms with van der Waals surface area (Å²) >= 11 is 3.24. The van der Waals surface area contributed by atoms with Crippen LogP contribution in [0.3, 0.4) is 0 Å². The summed E-state index contributed by atoms with van der Waals surface area (Å²) in [5.74, 6) is -0.181. The smallest absolute Gasteiger partial charge is 0.238 e. The Hall–Kier alpha value is -1.76. The molecule has 1 aliphatic rings. The number of benzene rings is 2. The molecule has 2 aromatic carbocycles. The zero-order valence-corrected chi connectivity index (χ0v) is 17.1. The molecule has 2 aromatic rings. The van der Waals surface area contributed by atoms with Gasteiger partial charge >= 0.3 is 0 Å². The Morgan fingerprint density at radius 3 is 2.41 bits per heavy atom. The third-order valence-electron chi connectivity index (χ3n) is 4.90. The number of anilines is 1. The first-order valence-electron chi connectivity index (χ1n) is 9.31. The van der Waals surface area contributed by atoms with Gasteiger partial charge in [0.25, 0.3) is 0 Å². The van der Waals surface area contributed by atoms with Crippen LogP contribution in [0.2, 0.25) is 0 Å². The summed E-state index contributed by atoms with van der Waals surface area (Å²) < 4.78 is 14.6. The summed E-state index contributed by atoms with van der Waals surface area (Å²) in [5.41, 5.74) is 2.79. The van der Waals surface area contributed by atoms with Crippen molar-refractivity contribution in [2.24, 2.45) is 0 Å². The zero-order chi connectivity index (χ0) is 19.2. The molecular formula is C21H25BrFN3O. The van der Waals surface area contributed by atoms with Gasteiger partial charge in [0.2, 0.25) is 5.91 Å². The Balaban J connectivity index is 1.44. The van der Waals surface area contributed by atoms with Crippen molar-refractivity contribution in [2.45, 2.75) is 19.9 Å². The largest absolute Gasteiger partial charge is 0.325 e. The molecule has 1 heterocycles. The minimum absolute atomic E-state index is 0.00531. The lowest BCUT2D eigenvalue weighted by Gasteiger charge is -2.34. The number of halogens is 2. The highest BCUT2D eigenvalue weighted by atomic mass is 79.9. The van der Waals surface area contributed by atoms with Gasteiger partial charge in [0, 0.05) is 44.0 Å². The number of hydrogen-bond acceptors (Lipinski definition) is 3. The van der Waals surface area contributed by atoms with Crippen LogP contribution in [-0.4, -0.2) is 48.4 Å². The molecule has 1 saturated heterocycles. The molecule has 0 atom stereocenters. The minimum atomic E-state index is -0.187. The number of amides is 1. The first-order chi connectivity index (χ1) is 13.0. The fourth-order valence-electron chi connectivity index (χ4n) is 3.24. The molecule has 6 heteroatoms. The second-order valence-corrected chi connectivity index (χ2v) is 7.72. The fraction of sp³-hybridized carbons (Fsp3) is 0.381. The predicted octanol–water partition coefficient (Wildman–Crippen LogP) is 3.91. The van der Waals surface area contributed by atoms with Crippen molar-refractivity contribution in [3.05, 3.63) is 63.9 Å². The number of aryl methyl sites for hydroxylation is 1. The van der Waals surface area contributed by atoms with E-state index in [-0.39, 0.29) is 11.7 Å². The summed E-state index contributed by atoms with van der Waals surface area (Å²) in [5, 5.41) is 2.96. The van der Waals surface area contributed by atoms with Crippen LogP contribution in [0.1, 0.15) is 18.1 Å². The topological polar surface area (TPSA) is 35.6 Å². The Morgan fingerprint density at radius 2 is 1.74 bits per heavy atom. The molecule has 1 aliphatic heterocycles. The third kappa shape index (κ3) is 5.61. The second-order valence-electron chi connectivity index (χ2n) is 6.86. The number of nitrogens with one attached hydrogen (secondary N) is 1. The summed E-state index contributed by atoms with van der Waals surface area (Å²) in [7, 11) is 0. The van der Waals surface area contributed by atoms with Crippen LogP contribution >= 0.6 is 15.9 Å². The number of rotatable bonds is 6. The van der Waals surface area contributed by atoms with Crippen LogP contribution in [-0.2, 0) is 17.8 Å².